The summed E-state index contributed by atoms with van der Waals surface area (Å²) in [6, 6.07) is 6.56. The molecule has 3 N–H and O–H groups in total. The number of amides is 1. The quantitative estimate of drug-likeness (QED) is 0.665. The lowest BCUT2D eigenvalue weighted by atomic mass is 9.94. The van der Waals surface area contributed by atoms with Crippen molar-refractivity contribution < 1.29 is 4.79 Å². The largest absolute Gasteiger partial charge is 0.323 e. The van der Waals surface area contributed by atoms with E-state index in [2.05, 4.69) is 5.32 Å². The van der Waals surface area contributed by atoms with Gasteiger partial charge in [0.1, 0.15) is 0 Å². The minimum atomic E-state index is -1.61. The minimum absolute atomic E-state index is 0.428. The zero-order chi connectivity index (χ0) is 10.3. The number of nitrogens with zero attached hydrogens (tertiary/aromatic N) is 1. The number of carbonyl (C=O) groups is 1. The molecule has 0 saturated heterocycles. The average molecular weight is 208 g/mol. The lowest BCUT2D eigenvalue weighted by Gasteiger charge is -2.11. The number of benzene rings is 1. The summed E-state index contributed by atoms with van der Waals surface area (Å²) in [6.45, 7) is 0. The Morgan fingerprint density at radius 3 is 2.93 bits per heavy atom. The molecular formula is C9H6ClN3O. The predicted octanol–water partition coefficient (Wildman–Crippen LogP) is 0.970. The predicted molar refractivity (Wildman–Crippen MR) is 51.6 cm³/mol. The monoisotopic (exact) mass is 207 g/mol. The van der Waals surface area contributed by atoms with E-state index >= 15 is 0 Å². The molecule has 2 rings (SSSR count). The first-order valence-corrected chi connectivity index (χ1v) is 4.27. The van der Waals surface area contributed by atoms with Crippen LogP contribution in [0.15, 0.2) is 18.2 Å². The minimum Gasteiger partial charge on any atom is -0.323 e. The van der Waals surface area contributed by atoms with Crippen molar-refractivity contribution in [2.45, 2.75) is 5.54 Å². The van der Waals surface area contributed by atoms with Crippen molar-refractivity contribution in [3.05, 3.63) is 28.8 Å². The highest BCUT2D eigenvalue weighted by atomic mass is 35.5. The van der Waals surface area contributed by atoms with E-state index < -0.39 is 11.4 Å². The van der Waals surface area contributed by atoms with Crippen LogP contribution in [-0.4, -0.2) is 5.91 Å². The molecule has 70 valence electrons. The Balaban J connectivity index is 2.69. The molecule has 1 atom stereocenters. The van der Waals surface area contributed by atoms with Gasteiger partial charge in [-0.05, 0) is 18.2 Å². The van der Waals surface area contributed by atoms with E-state index in [0.29, 0.717) is 16.3 Å². The van der Waals surface area contributed by atoms with E-state index in [4.69, 9.17) is 22.6 Å². The van der Waals surface area contributed by atoms with Crippen LogP contribution in [0.25, 0.3) is 0 Å². The first-order chi connectivity index (χ1) is 6.58. The van der Waals surface area contributed by atoms with Gasteiger partial charge in [0.2, 0.25) is 5.54 Å². The van der Waals surface area contributed by atoms with Gasteiger partial charge in [-0.2, -0.15) is 5.26 Å². The van der Waals surface area contributed by atoms with Gasteiger partial charge in [-0.25, -0.2) is 0 Å². The number of hydrogen-bond donors (Lipinski definition) is 2. The number of anilines is 1. The summed E-state index contributed by atoms with van der Waals surface area (Å²) in [6.07, 6.45) is 0. The number of fused-ring (bicyclic) bond motifs is 1. The molecule has 0 aliphatic carbocycles. The summed E-state index contributed by atoms with van der Waals surface area (Å²) in [4.78, 5) is 11.4. The average Bonchev–Trinajstić information content (AvgIpc) is 2.41. The third-order valence-electron chi connectivity index (χ3n) is 2.19. The normalized spacial score (nSPS) is 23.9. The molecule has 0 fully saturated rings. The highest BCUT2D eigenvalue weighted by molar-refractivity contribution is 6.31. The van der Waals surface area contributed by atoms with Crippen LogP contribution in [-0.2, 0) is 10.3 Å². The fraction of sp³-hybridized carbons (Fsp3) is 0.111. The van der Waals surface area contributed by atoms with Crippen LogP contribution < -0.4 is 11.1 Å². The van der Waals surface area contributed by atoms with Crippen LogP contribution in [0.5, 0.6) is 0 Å². The number of nitriles is 1. The molecule has 0 unspecified atom stereocenters. The molecule has 1 aromatic rings. The zero-order valence-electron chi connectivity index (χ0n) is 7.04. The molecule has 5 heteroatoms. The number of nitrogens with two attached hydrogens (primary N) is 1. The summed E-state index contributed by atoms with van der Waals surface area (Å²) in [5, 5.41) is 11.8. The Morgan fingerprint density at radius 2 is 2.29 bits per heavy atom. The van der Waals surface area contributed by atoms with Gasteiger partial charge in [-0.3, -0.25) is 4.79 Å². The van der Waals surface area contributed by atoms with Gasteiger partial charge in [-0.15, -0.1) is 0 Å². The Morgan fingerprint density at radius 1 is 1.57 bits per heavy atom. The Kier molecular flexibility index (Phi) is 1.74. The Hall–Kier alpha value is -1.57. The fourth-order valence-corrected chi connectivity index (χ4v) is 1.58. The van der Waals surface area contributed by atoms with Gasteiger partial charge in [0.05, 0.1) is 6.07 Å². The van der Waals surface area contributed by atoms with E-state index in [1.54, 1.807) is 18.2 Å². The van der Waals surface area contributed by atoms with Crippen LogP contribution in [0.4, 0.5) is 5.69 Å². The van der Waals surface area contributed by atoms with Gasteiger partial charge in [0.25, 0.3) is 5.91 Å². The highest BCUT2D eigenvalue weighted by Crippen LogP contribution is 2.35. The van der Waals surface area contributed by atoms with Crippen molar-refractivity contribution in [1.82, 2.24) is 0 Å². The van der Waals surface area contributed by atoms with E-state index in [1.807, 2.05) is 0 Å². The maximum absolute atomic E-state index is 11.4. The topological polar surface area (TPSA) is 78.9 Å². The SMILES string of the molecule is N#C[C@@]1(N)C(=O)Nc2ccc(Cl)cc21. The fourth-order valence-electron chi connectivity index (χ4n) is 1.41. The Labute approximate surface area is 85.3 Å². The summed E-state index contributed by atoms with van der Waals surface area (Å²) < 4.78 is 0. The number of rotatable bonds is 0. The van der Waals surface area contributed by atoms with Crippen LogP contribution in [0, 0.1) is 11.3 Å². The molecule has 0 spiro atoms. The lowest BCUT2D eigenvalue weighted by Crippen LogP contribution is -2.41. The van der Waals surface area contributed by atoms with E-state index in [9.17, 15) is 4.79 Å². The molecular weight excluding hydrogens is 202 g/mol. The van der Waals surface area contributed by atoms with Gasteiger partial charge in [0, 0.05) is 16.3 Å². The molecule has 4 nitrogen and oxygen atoms in total. The second kappa shape index (κ2) is 2.71. The lowest BCUT2D eigenvalue weighted by molar-refractivity contribution is -0.118. The van der Waals surface area contributed by atoms with Crippen molar-refractivity contribution in [1.29, 1.82) is 5.26 Å². The Bertz CT molecular complexity index is 466. The second-order valence-electron chi connectivity index (χ2n) is 3.06. The molecule has 0 bridgehead atoms. The maximum Gasteiger partial charge on any atom is 0.264 e. The van der Waals surface area contributed by atoms with E-state index in [0.717, 1.165) is 0 Å². The molecule has 0 saturated carbocycles. The number of halogens is 1. The molecule has 0 radical (unpaired) electrons. The van der Waals surface area contributed by atoms with Gasteiger partial charge in [0.15, 0.2) is 0 Å². The van der Waals surface area contributed by atoms with Crippen molar-refractivity contribution >= 4 is 23.2 Å². The molecule has 0 aromatic heterocycles. The summed E-state index contributed by atoms with van der Waals surface area (Å²) >= 11 is 5.75. The molecule has 14 heavy (non-hydrogen) atoms. The van der Waals surface area contributed by atoms with Gasteiger partial charge in [-0.1, -0.05) is 11.6 Å². The number of nitrogens with one attached hydrogen (secondary N) is 1. The summed E-state index contributed by atoms with van der Waals surface area (Å²) in [7, 11) is 0. The van der Waals surface area contributed by atoms with Crippen LogP contribution >= 0.6 is 11.6 Å². The van der Waals surface area contributed by atoms with Crippen LogP contribution in [0.1, 0.15) is 5.56 Å². The van der Waals surface area contributed by atoms with Gasteiger partial charge >= 0.3 is 0 Å². The van der Waals surface area contributed by atoms with Crippen LogP contribution in [0.3, 0.4) is 0 Å². The summed E-state index contributed by atoms with van der Waals surface area (Å²) in [5.74, 6) is -0.516. The highest BCUT2D eigenvalue weighted by Gasteiger charge is 2.44. The third kappa shape index (κ3) is 1.00. The second-order valence-corrected chi connectivity index (χ2v) is 3.50. The smallest absolute Gasteiger partial charge is 0.264 e. The molecule has 1 aromatic carbocycles. The van der Waals surface area contributed by atoms with Crippen molar-refractivity contribution in [2.24, 2.45) is 5.73 Å². The number of carbonyl (C=O) groups excluding carboxylic acids is 1. The first kappa shape index (κ1) is 9.00. The van der Waals surface area contributed by atoms with Crippen LogP contribution in [0.2, 0.25) is 5.02 Å². The maximum atomic E-state index is 11.4. The molecule has 1 amide bonds. The van der Waals surface area contributed by atoms with Gasteiger partial charge < -0.3 is 11.1 Å². The first-order valence-electron chi connectivity index (χ1n) is 3.89. The standard InChI is InChI=1S/C9H6ClN3O/c10-5-1-2-7-6(3-5)9(12,4-11)8(14)13-7/h1-3H,12H2,(H,13,14)/t9-/m0/s1. The summed E-state index contributed by atoms with van der Waals surface area (Å²) in [5.41, 5.74) is 5.01. The molecule has 1 aliphatic rings. The van der Waals surface area contributed by atoms with Crippen molar-refractivity contribution in [2.75, 3.05) is 5.32 Å². The molecule has 1 aliphatic heterocycles. The van der Waals surface area contributed by atoms with Crippen molar-refractivity contribution in [3.63, 3.8) is 0 Å². The van der Waals surface area contributed by atoms with E-state index in [1.165, 1.54) is 6.07 Å². The zero-order valence-corrected chi connectivity index (χ0v) is 7.80. The third-order valence-corrected chi connectivity index (χ3v) is 2.42. The van der Waals surface area contributed by atoms with Crippen molar-refractivity contribution in [3.8, 4) is 6.07 Å². The molecule has 1 heterocycles. The van der Waals surface area contributed by atoms with E-state index in [-0.39, 0.29) is 0 Å². The number of hydrogen-bond acceptors (Lipinski definition) is 3.